The molecule has 3 amide bonds. The van der Waals surface area contributed by atoms with Crippen molar-refractivity contribution in [1.82, 2.24) is 15.1 Å². The van der Waals surface area contributed by atoms with E-state index in [1.54, 1.807) is 11.9 Å². The van der Waals surface area contributed by atoms with E-state index in [1.807, 2.05) is 36.1 Å². The summed E-state index contributed by atoms with van der Waals surface area (Å²) in [6.07, 6.45) is 3.16. The Morgan fingerprint density at radius 3 is 2.63 bits per heavy atom. The van der Waals surface area contributed by atoms with E-state index in [9.17, 15) is 14.4 Å². The van der Waals surface area contributed by atoms with Crippen molar-refractivity contribution in [2.45, 2.75) is 32.6 Å². The van der Waals surface area contributed by atoms with Crippen molar-refractivity contribution in [3.05, 3.63) is 29.8 Å². The molecule has 0 saturated carbocycles. The molecule has 0 unspecified atom stereocenters. The minimum Gasteiger partial charge on any atom is -0.355 e. The molecule has 1 heterocycles. The second-order valence-electron chi connectivity index (χ2n) is 6.92. The van der Waals surface area contributed by atoms with Crippen molar-refractivity contribution >= 4 is 23.4 Å². The van der Waals surface area contributed by atoms with Crippen LogP contribution in [0.2, 0.25) is 0 Å². The van der Waals surface area contributed by atoms with Crippen molar-refractivity contribution in [3.63, 3.8) is 0 Å². The third-order valence-corrected chi connectivity index (χ3v) is 4.60. The van der Waals surface area contributed by atoms with Crippen LogP contribution in [0.1, 0.15) is 31.7 Å². The highest BCUT2D eigenvalue weighted by molar-refractivity contribution is 5.93. The summed E-state index contributed by atoms with van der Waals surface area (Å²) in [5.41, 5.74) is 1.90. The molecule has 0 radical (unpaired) electrons. The Labute approximate surface area is 161 Å². The van der Waals surface area contributed by atoms with E-state index < -0.39 is 0 Å². The first-order valence-corrected chi connectivity index (χ1v) is 9.60. The van der Waals surface area contributed by atoms with Gasteiger partial charge in [0, 0.05) is 31.7 Å². The number of anilines is 1. The van der Waals surface area contributed by atoms with E-state index in [0.29, 0.717) is 19.5 Å². The van der Waals surface area contributed by atoms with Crippen LogP contribution in [0.15, 0.2) is 24.3 Å². The molecular formula is C20H30N4O3. The fraction of sp³-hybridized carbons (Fsp3) is 0.550. The molecule has 0 aromatic heterocycles. The van der Waals surface area contributed by atoms with Crippen molar-refractivity contribution in [2.24, 2.45) is 0 Å². The van der Waals surface area contributed by atoms with Crippen molar-refractivity contribution in [3.8, 4) is 0 Å². The number of hydrogen-bond acceptors (Lipinski definition) is 4. The predicted octanol–water partition coefficient (Wildman–Crippen LogP) is 1.25. The average molecular weight is 374 g/mol. The lowest BCUT2D eigenvalue weighted by molar-refractivity contribution is -0.127. The average Bonchev–Trinajstić information content (AvgIpc) is 3.04. The molecule has 27 heavy (non-hydrogen) atoms. The van der Waals surface area contributed by atoms with Crippen LogP contribution in [0, 0.1) is 0 Å². The zero-order valence-electron chi connectivity index (χ0n) is 16.3. The molecule has 1 fully saturated rings. The molecule has 0 atom stereocenters. The van der Waals surface area contributed by atoms with E-state index in [-0.39, 0.29) is 30.8 Å². The highest BCUT2D eigenvalue weighted by atomic mass is 16.2. The predicted molar refractivity (Wildman–Crippen MR) is 105 cm³/mol. The molecule has 148 valence electrons. The maximum Gasteiger partial charge on any atom is 0.238 e. The SMILES string of the molecule is CCc1ccccc1NC(=O)CN(C)CC(=O)NCCCN1CCCC1=O. The Morgan fingerprint density at radius 1 is 1.19 bits per heavy atom. The van der Waals surface area contributed by atoms with Gasteiger partial charge in [-0.3, -0.25) is 19.3 Å². The third-order valence-electron chi connectivity index (χ3n) is 4.60. The minimum atomic E-state index is -0.140. The molecule has 1 saturated heterocycles. The second kappa shape index (κ2) is 10.7. The number of aryl methyl sites for hydroxylation is 1. The van der Waals surface area contributed by atoms with Crippen molar-refractivity contribution in [1.29, 1.82) is 0 Å². The maximum atomic E-state index is 12.2. The van der Waals surface area contributed by atoms with E-state index in [0.717, 1.165) is 37.1 Å². The number of hydrogen-bond donors (Lipinski definition) is 2. The highest BCUT2D eigenvalue weighted by Crippen LogP contribution is 2.15. The Hall–Kier alpha value is -2.41. The number of likely N-dealkylation sites (N-methyl/N-ethyl adjacent to an activating group) is 1. The fourth-order valence-electron chi connectivity index (χ4n) is 3.18. The monoisotopic (exact) mass is 374 g/mol. The Bertz CT molecular complexity index is 662. The van der Waals surface area contributed by atoms with E-state index in [2.05, 4.69) is 10.6 Å². The van der Waals surface area contributed by atoms with Gasteiger partial charge in [0.2, 0.25) is 17.7 Å². The highest BCUT2D eigenvalue weighted by Gasteiger charge is 2.19. The van der Waals surface area contributed by atoms with Crippen molar-refractivity contribution < 1.29 is 14.4 Å². The maximum absolute atomic E-state index is 12.2. The minimum absolute atomic E-state index is 0.119. The molecule has 1 aromatic rings. The van der Waals surface area contributed by atoms with Crippen LogP contribution < -0.4 is 10.6 Å². The van der Waals surface area contributed by atoms with Gasteiger partial charge >= 0.3 is 0 Å². The topological polar surface area (TPSA) is 81.8 Å². The van der Waals surface area contributed by atoms with Crippen LogP contribution >= 0.6 is 0 Å². The summed E-state index contributed by atoms with van der Waals surface area (Å²) in [4.78, 5) is 39.2. The van der Waals surface area contributed by atoms with Gasteiger partial charge < -0.3 is 15.5 Å². The molecule has 7 heteroatoms. The van der Waals surface area contributed by atoms with Gasteiger partial charge in [-0.05, 0) is 37.9 Å². The second-order valence-corrected chi connectivity index (χ2v) is 6.92. The van der Waals surface area contributed by atoms with Crippen LogP contribution in [0.3, 0.4) is 0 Å². The third kappa shape index (κ3) is 7.02. The van der Waals surface area contributed by atoms with E-state index in [4.69, 9.17) is 0 Å². The quantitative estimate of drug-likeness (QED) is 0.604. The Morgan fingerprint density at radius 2 is 1.93 bits per heavy atom. The summed E-state index contributed by atoms with van der Waals surface area (Å²) >= 11 is 0. The van der Waals surface area contributed by atoms with Gasteiger partial charge in [0.25, 0.3) is 0 Å². The molecule has 1 aliphatic rings. The van der Waals surface area contributed by atoms with Gasteiger partial charge in [0.15, 0.2) is 0 Å². The summed E-state index contributed by atoms with van der Waals surface area (Å²) in [7, 11) is 1.74. The molecule has 1 aliphatic heterocycles. The number of para-hydroxylation sites is 1. The summed E-state index contributed by atoms with van der Waals surface area (Å²) in [5.74, 6) is -0.0533. The molecule has 2 N–H and O–H groups in total. The fourth-order valence-corrected chi connectivity index (χ4v) is 3.18. The largest absolute Gasteiger partial charge is 0.355 e. The number of carbonyl (C=O) groups excluding carboxylic acids is 3. The Balaban J connectivity index is 1.63. The van der Waals surface area contributed by atoms with Crippen LogP contribution in [0.5, 0.6) is 0 Å². The van der Waals surface area contributed by atoms with E-state index >= 15 is 0 Å². The summed E-state index contributed by atoms with van der Waals surface area (Å²) in [6.45, 7) is 4.40. The van der Waals surface area contributed by atoms with Crippen LogP contribution in [-0.2, 0) is 20.8 Å². The van der Waals surface area contributed by atoms with Gasteiger partial charge in [-0.15, -0.1) is 0 Å². The number of benzene rings is 1. The van der Waals surface area contributed by atoms with Gasteiger partial charge in [-0.25, -0.2) is 0 Å². The first-order chi connectivity index (χ1) is 13.0. The summed E-state index contributed by atoms with van der Waals surface area (Å²) in [5, 5.41) is 5.75. The van der Waals surface area contributed by atoms with Crippen LogP contribution in [0.25, 0.3) is 0 Å². The van der Waals surface area contributed by atoms with Crippen molar-refractivity contribution in [2.75, 3.05) is 45.1 Å². The molecule has 0 spiro atoms. The first-order valence-electron chi connectivity index (χ1n) is 9.60. The lowest BCUT2D eigenvalue weighted by Crippen LogP contribution is -2.39. The van der Waals surface area contributed by atoms with Gasteiger partial charge in [-0.1, -0.05) is 25.1 Å². The smallest absolute Gasteiger partial charge is 0.238 e. The normalized spacial score (nSPS) is 13.9. The molecule has 7 nitrogen and oxygen atoms in total. The Kier molecular flexibility index (Phi) is 8.26. The van der Waals surface area contributed by atoms with Gasteiger partial charge in [-0.2, -0.15) is 0 Å². The lowest BCUT2D eigenvalue weighted by atomic mass is 10.1. The molecule has 2 rings (SSSR count). The number of nitrogens with zero attached hydrogens (tertiary/aromatic N) is 2. The number of likely N-dealkylation sites (tertiary alicyclic amines) is 1. The zero-order valence-corrected chi connectivity index (χ0v) is 16.3. The summed E-state index contributed by atoms with van der Waals surface area (Å²) < 4.78 is 0. The first kappa shape index (κ1) is 20.9. The van der Waals surface area contributed by atoms with E-state index in [1.165, 1.54) is 0 Å². The van der Waals surface area contributed by atoms with Crippen LogP contribution in [-0.4, -0.2) is 67.3 Å². The number of nitrogens with one attached hydrogen (secondary N) is 2. The standard InChI is InChI=1S/C20H30N4O3/c1-3-16-8-4-5-9-17(16)22-19(26)15-23(2)14-18(25)21-11-7-13-24-12-6-10-20(24)27/h4-5,8-9H,3,6-7,10-15H2,1-2H3,(H,21,25)(H,22,26). The number of rotatable bonds is 10. The number of amides is 3. The van der Waals surface area contributed by atoms with Gasteiger partial charge in [0.1, 0.15) is 0 Å². The molecule has 0 bridgehead atoms. The zero-order chi connectivity index (χ0) is 19.6. The lowest BCUT2D eigenvalue weighted by Gasteiger charge is -2.18. The molecule has 0 aliphatic carbocycles. The van der Waals surface area contributed by atoms with Gasteiger partial charge in [0.05, 0.1) is 13.1 Å². The molecular weight excluding hydrogens is 344 g/mol. The summed E-state index contributed by atoms with van der Waals surface area (Å²) in [6, 6.07) is 7.71. The number of carbonyl (C=O) groups is 3. The van der Waals surface area contributed by atoms with Crippen LogP contribution in [0.4, 0.5) is 5.69 Å². The molecule has 1 aromatic carbocycles.